The molecular formula is C14H21FN2O. The normalized spacial score (nSPS) is 13.2. The van der Waals surface area contributed by atoms with Crippen LogP contribution in [0.1, 0.15) is 26.3 Å². The van der Waals surface area contributed by atoms with Gasteiger partial charge in [-0.1, -0.05) is 32.9 Å². The van der Waals surface area contributed by atoms with Gasteiger partial charge >= 0.3 is 0 Å². The summed E-state index contributed by atoms with van der Waals surface area (Å²) in [6, 6.07) is 5.66. The van der Waals surface area contributed by atoms with Crippen LogP contribution in [0.25, 0.3) is 0 Å². The SMILES string of the molecule is CN(Cc1cccc(F)c1)C(=O)[C@@H](N)C(C)(C)C. The van der Waals surface area contributed by atoms with Gasteiger partial charge in [0.1, 0.15) is 5.82 Å². The summed E-state index contributed by atoms with van der Waals surface area (Å²) in [5.41, 5.74) is 6.39. The van der Waals surface area contributed by atoms with E-state index in [0.717, 1.165) is 5.56 Å². The van der Waals surface area contributed by atoms with E-state index < -0.39 is 6.04 Å². The summed E-state index contributed by atoms with van der Waals surface area (Å²) in [6.45, 7) is 6.13. The summed E-state index contributed by atoms with van der Waals surface area (Å²) in [5.74, 6) is -0.430. The van der Waals surface area contributed by atoms with Crippen molar-refractivity contribution in [2.45, 2.75) is 33.4 Å². The average Bonchev–Trinajstić information content (AvgIpc) is 2.25. The first-order valence-electron chi connectivity index (χ1n) is 5.97. The van der Waals surface area contributed by atoms with E-state index in [1.54, 1.807) is 19.2 Å². The first kappa shape index (κ1) is 14.6. The number of nitrogens with zero attached hydrogens (tertiary/aromatic N) is 1. The van der Waals surface area contributed by atoms with Crippen molar-refractivity contribution < 1.29 is 9.18 Å². The molecule has 0 unspecified atom stereocenters. The van der Waals surface area contributed by atoms with Crippen molar-refractivity contribution in [3.8, 4) is 0 Å². The third-order valence-corrected chi connectivity index (χ3v) is 2.88. The largest absolute Gasteiger partial charge is 0.340 e. The molecule has 1 amide bonds. The molecular weight excluding hydrogens is 231 g/mol. The number of carbonyl (C=O) groups is 1. The number of likely N-dealkylation sites (N-methyl/N-ethyl adjacent to an activating group) is 1. The van der Waals surface area contributed by atoms with Crippen LogP contribution >= 0.6 is 0 Å². The maximum absolute atomic E-state index is 13.0. The van der Waals surface area contributed by atoms with Crippen LogP contribution in [0.15, 0.2) is 24.3 Å². The zero-order valence-electron chi connectivity index (χ0n) is 11.4. The van der Waals surface area contributed by atoms with Crippen molar-refractivity contribution in [2.24, 2.45) is 11.1 Å². The molecule has 0 bridgehead atoms. The topological polar surface area (TPSA) is 46.3 Å². The van der Waals surface area contributed by atoms with Crippen LogP contribution in [-0.4, -0.2) is 23.9 Å². The second-order valence-corrected chi connectivity index (χ2v) is 5.67. The van der Waals surface area contributed by atoms with E-state index in [1.807, 2.05) is 20.8 Å². The van der Waals surface area contributed by atoms with E-state index >= 15 is 0 Å². The van der Waals surface area contributed by atoms with E-state index in [4.69, 9.17) is 5.73 Å². The highest BCUT2D eigenvalue weighted by Crippen LogP contribution is 2.19. The number of amides is 1. The fourth-order valence-corrected chi connectivity index (χ4v) is 1.59. The summed E-state index contributed by atoms with van der Waals surface area (Å²) < 4.78 is 13.0. The molecule has 0 saturated heterocycles. The second-order valence-electron chi connectivity index (χ2n) is 5.67. The smallest absolute Gasteiger partial charge is 0.240 e. The number of halogens is 1. The van der Waals surface area contributed by atoms with Crippen LogP contribution in [0.5, 0.6) is 0 Å². The van der Waals surface area contributed by atoms with Crippen molar-refractivity contribution in [1.82, 2.24) is 4.90 Å². The van der Waals surface area contributed by atoms with Crippen LogP contribution in [0.2, 0.25) is 0 Å². The van der Waals surface area contributed by atoms with Gasteiger partial charge in [-0.3, -0.25) is 4.79 Å². The molecule has 1 atom stereocenters. The van der Waals surface area contributed by atoms with Crippen molar-refractivity contribution in [1.29, 1.82) is 0 Å². The molecule has 0 heterocycles. The lowest BCUT2D eigenvalue weighted by molar-refractivity contribution is -0.134. The van der Waals surface area contributed by atoms with Crippen molar-refractivity contribution in [3.05, 3.63) is 35.6 Å². The maximum atomic E-state index is 13.0. The van der Waals surface area contributed by atoms with Crippen LogP contribution < -0.4 is 5.73 Å². The number of hydrogen-bond donors (Lipinski definition) is 1. The monoisotopic (exact) mass is 252 g/mol. The Morgan fingerprint density at radius 3 is 2.56 bits per heavy atom. The number of nitrogens with two attached hydrogens (primary N) is 1. The molecule has 100 valence electrons. The van der Waals surface area contributed by atoms with E-state index in [1.165, 1.54) is 17.0 Å². The van der Waals surface area contributed by atoms with Gasteiger partial charge in [-0.05, 0) is 23.1 Å². The van der Waals surface area contributed by atoms with Crippen molar-refractivity contribution in [2.75, 3.05) is 7.05 Å². The van der Waals surface area contributed by atoms with Gasteiger partial charge in [0.2, 0.25) is 5.91 Å². The molecule has 0 aliphatic heterocycles. The number of rotatable bonds is 3. The molecule has 4 heteroatoms. The fraction of sp³-hybridized carbons (Fsp3) is 0.500. The van der Waals surface area contributed by atoms with E-state index in [0.29, 0.717) is 6.54 Å². The minimum atomic E-state index is -0.559. The number of hydrogen-bond acceptors (Lipinski definition) is 2. The lowest BCUT2D eigenvalue weighted by Gasteiger charge is -2.30. The molecule has 0 fully saturated rings. The van der Waals surface area contributed by atoms with Crippen LogP contribution in [-0.2, 0) is 11.3 Å². The van der Waals surface area contributed by atoms with Gasteiger partial charge in [-0.15, -0.1) is 0 Å². The zero-order valence-corrected chi connectivity index (χ0v) is 11.4. The third-order valence-electron chi connectivity index (χ3n) is 2.88. The summed E-state index contributed by atoms with van der Waals surface area (Å²) in [6.07, 6.45) is 0. The van der Waals surface area contributed by atoms with Gasteiger partial charge in [0, 0.05) is 13.6 Å². The zero-order chi connectivity index (χ0) is 13.9. The van der Waals surface area contributed by atoms with Gasteiger partial charge < -0.3 is 10.6 Å². The molecule has 0 aromatic heterocycles. The van der Waals surface area contributed by atoms with Crippen molar-refractivity contribution >= 4 is 5.91 Å². The van der Waals surface area contributed by atoms with Gasteiger partial charge in [0.25, 0.3) is 0 Å². The molecule has 18 heavy (non-hydrogen) atoms. The Labute approximate surface area is 108 Å². The minimum absolute atomic E-state index is 0.133. The van der Waals surface area contributed by atoms with Gasteiger partial charge in [0.05, 0.1) is 6.04 Å². The Hall–Kier alpha value is -1.42. The van der Waals surface area contributed by atoms with Crippen LogP contribution in [0.4, 0.5) is 4.39 Å². The van der Waals surface area contributed by atoms with Gasteiger partial charge in [0.15, 0.2) is 0 Å². The quantitative estimate of drug-likeness (QED) is 0.896. The summed E-state index contributed by atoms with van der Waals surface area (Å²) >= 11 is 0. The molecule has 1 aromatic carbocycles. The molecule has 0 aliphatic carbocycles. The standard InChI is InChI=1S/C14H21FN2O/c1-14(2,3)12(16)13(18)17(4)9-10-6-5-7-11(15)8-10/h5-8,12H,9,16H2,1-4H3/t12-/m1/s1. The van der Waals surface area contributed by atoms with Crippen LogP contribution in [0, 0.1) is 11.2 Å². The van der Waals surface area contributed by atoms with E-state index in [-0.39, 0.29) is 17.1 Å². The van der Waals surface area contributed by atoms with Crippen molar-refractivity contribution in [3.63, 3.8) is 0 Å². The predicted octanol–water partition coefficient (Wildman–Crippen LogP) is 2.16. The molecule has 0 spiro atoms. The third kappa shape index (κ3) is 3.81. The van der Waals surface area contributed by atoms with E-state index in [2.05, 4.69) is 0 Å². The lowest BCUT2D eigenvalue weighted by atomic mass is 9.86. The second kappa shape index (κ2) is 5.48. The molecule has 1 rings (SSSR count). The summed E-state index contributed by atoms with van der Waals surface area (Å²) in [7, 11) is 1.68. The minimum Gasteiger partial charge on any atom is -0.340 e. The lowest BCUT2D eigenvalue weighted by Crippen LogP contribution is -2.48. The Balaban J connectivity index is 2.71. The maximum Gasteiger partial charge on any atom is 0.240 e. The Morgan fingerprint density at radius 2 is 2.06 bits per heavy atom. The summed E-state index contributed by atoms with van der Waals surface area (Å²) in [5, 5.41) is 0. The highest BCUT2D eigenvalue weighted by molar-refractivity contribution is 5.82. The number of carbonyl (C=O) groups excluding carboxylic acids is 1. The van der Waals surface area contributed by atoms with Gasteiger partial charge in [-0.25, -0.2) is 4.39 Å². The Bertz CT molecular complexity index is 426. The summed E-state index contributed by atoms with van der Waals surface area (Å²) in [4.78, 5) is 13.6. The highest BCUT2D eigenvalue weighted by Gasteiger charge is 2.29. The average molecular weight is 252 g/mol. The predicted molar refractivity (Wildman–Crippen MR) is 70.3 cm³/mol. The first-order valence-corrected chi connectivity index (χ1v) is 5.97. The molecule has 0 saturated carbocycles. The Morgan fingerprint density at radius 1 is 1.44 bits per heavy atom. The molecule has 2 N–H and O–H groups in total. The molecule has 1 aromatic rings. The molecule has 3 nitrogen and oxygen atoms in total. The first-order chi connectivity index (χ1) is 8.21. The molecule has 0 aliphatic rings. The van der Waals surface area contributed by atoms with E-state index in [9.17, 15) is 9.18 Å². The molecule has 0 radical (unpaired) electrons. The fourth-order valence-electron chi connectivity index (χ4n) is 1.59. The van der Waals surface area contributed by atoms with Gasteiger partial charge in [-0.2, -0.15) is 0 Å². The Kier molecular flexibility index (Phi) is 4.46. The van der Waals surface area contributed by atoms with Crippen LogP contribution in [0.3, 0.4) is 0 Å². The highest BCUT2D eigenvalue weighted by atomic mass is 19.1. The number of benzene rings is 1.